The van der Waals surface area contributed by atoms with Crippen molar-refractivity contribution in [3.63, 3.8) is 0 Å². The first-order valence-electron chi connectivity index (χ1n) is 10.4. The number of hydrogen-bond acceptors (Lipinski definition) is 5. The van der Waals surface area contributed by atoms with Crippen molar-refractivity contribution >= 4 is 6.09 Å². The van der Waals surface area contributed by atoms with Gasteiger partial charge in [0.05, 0.1) is 6.61 Å². The highest BCUT2D eigenvalue weighted by Crippen LogP contribution is 2.21. The van der Waals surface area contributed by atoms with E-state index >= 15 is 0 Å². The predicted octanol–water partition coefficient (Wildman–Crippen LogP) is 5.40. The van der Waals surface area contributed by atoms with Crippen LogP contribution in [0.5, 0.6) is 0 Å². The van der Waals surface area contributed by atoms with Gasteiger partial charge in [-0.25, -0.2) is 4.79 Å². The topological polar surface area (TPSA) is 66.0 Å². The molecule has 6 heteroatoms. The Bertz CT molecular complexity index is 356. The summed E-state index contributed by atoms with van der Waals surface area (Å²) >= 11 is 0. The zero-order chi connectivity index (χ0) is 20.6. The van der Waals surface area contributed by atoms with E-state index < -0.39 is 5.97 Å². The number of rotatable bonds is 16. The fourth-order valence-electron chi connectivity index (χ4n) is 2.92. The first-order valence-corrected chi connectivity index (χ1v) is 10.4. The van der Waals surface area contributed by atoms with Gasteiger partial charge in [0.15, 0.2) is 0 Å². The average molecular weight is 390 g/mol. The number of unbranched alkanes of at least 4 members (excludes halogenated alkanes) is 9. The number of hydrogen-bond donors (Lipinski definition) is 1. The molecule has 6 nitrogen and oxygen atoms in total. The van der Waals surface area contributed by atoms with E-state index in [0.717, 1.165) is 25.7 Å². The van der Waals surface area contributed by atoms with E-state index in [0.29, 0.717) is 6.61 Å². The molecule has 1 N–H and O–H groups in total. The molecule has 0 aliphatic rings. The maximum Gasteiger partial charge on any atom is 0.407 e. The second kappa shape index (κ2) is 15.1. The molecule has 0 aromatic heterocycles. The van der Waals surface area contributed by atoms with Crippen LogP contribution >= 0.6 is 0 Å². The number of methoxy groups -OCH3 is 3. The van der Waals surface area contributed by atoms with Gasteiger partial charge in [0.25, 0.3) is 5.97 Å². The van der Waals surface area contributed by atoms with Crippen molar-refractivity contribution < 1.29 is 23.7 Å². The first kappa shape index (κ1) is 26.1. The zero-order valence-electron chi connectivity index (χ0n) is 18.5. The minimum atomic E-state index is -0.878. The summed E-state index contributed by atoms with van der Waals surface area (Å²) in [6.45, 7) is 6.34. The Balaban J connectivity index is 3.38. The number of amides is 1. The van der Waals surface area contributed by atoms with Crippen LogP contribution in [0.4, 0.5) is 4.79 Å². The molecular weight excluding hydrogens is 346 g/mol. The van der Waals surface area contributed by atoms with E-state index in [-0.39, 0.29) is 11.6 Å². The molecule has 0 spiro atoms. The van der Waals surface area contributed by atoms with Gasteiger partial charge >= 0.3 is 6.09 Å². The summed E-state index contributed by atoms with van der Waals surface area (Å²) in [4.78, 5) is 11.5. The van der Waals surface area contributed by atoms with E-state index in [9.17, 15) is 4.79 Å². The van der Waals surface area contributed by atoms with E-state index in [1.54, 1.807) is 21.3 Å². The van der Waals surface area contributed by atoms with Crippen LogP contribution in [0.1, 0.15) is 91.4 Å². The van der Waals surface area contributed by atoms with Crippen molar-refractivity contribution in [2.75, 3.05) is 27.9 Å². The van der Waals surface area contributed by atoms with Crippen molar-refractivity contribution in [1.29, 1.82) is 0 Å². The number of nitrogens with one attached hydrogen (secondary N) is 1. The quantitative estimate of drug-likeness (QED) is 0.283. The molecular formula is C21H43NO5. The first-order chi connectivity index (χ1) is 12.8. The molecule has 0 atom stereocenters. The number of carbonyl (C=O) groups is 1. The molecule has 0 rings (SSSR count). The van der Waals surface area contributed by atoms with Gasteiger partial charge in [-0.05, 0) is 33.6 Å². The minimum Gasteiger partial charge on any atom is -0.450 e. The summed E-state index contributed by atoms with van der Waals surface area (Å²) in [5.41, 5.74) is -0.239. The molecule has 162 valence electrons. The van der Waals surface area contributed by atoms with Crippen molar-refractivity contribution in [2.24, 2.45) is 0 Å². The molecule has 0 aromatic carbocycles. The molecule has 0 bridgehead atoms. The van der Waals surface area contributed by atoms with E-state index in [1.807, 2.05) is 20.8 Å². The zero-order valence-corrected chi connectivity index (χ0v) is 18.5. The second-order valence-electron chi connectivity index (χ2n) is 8.09. The highest BCUT2D eigenvalue weighted by atomic mass is 16.9. The number of ether oxygens (including phenoxy) is 4. The predicted molar refractivity (Wildman–Crippen MR) is 109 cm³/mol. The monoisotopic (exact) mass is 389 g/mol. The van der Waals surface area contributed by atoms with Crippen LogP contribution < -0.4 is 5.32 Å². The van der Waals surface area contributed by atoms with Crippen LogP contribution in [-0.2, 0) is 18.9 Å². The average Bonchev–Trinajstić information content (AvgIpc) is 2.61. The Labute approximate surface area is 166 Å². The molecule has 0 heterocycles. The van der Waals surface area contributed by atoms with Crippen LogP contribution in [0.15, 0.2) is 0 Å². The van der Waals surface area contributed by atoms with Gasteiger partial charge < -0.3 is 24.3 Å². The standard InChI is InChI=1S/C21H43NO5/c1-20(2,3)22-19(23)27-18-16-14-12-10-8-7-9-11-13-15-17-21(24-4,25-5)26-6/h7-18H2,1-6H3,(H,22,23). The summed E-state index contributed by atoms with van der Waals surface area (Å²) < 4.78 is 21.1. The van der Waals surface area contributed by atoms with Gasteiger partial charge in [0, 0.05) is 33.3 Å². The molecule has 27 heavy (non-hydrogen) atoms. The van der Waals surface area contributed by atoms with Crippen molar-refractivity contribution in [3.8, 4) is 0 Å². The third kappa shape index (κ3) is 14.8. The lowest BCUT2D eigenvalue weighted by molar-refractivity contribution is -0.355. The molecule has 0 saturated carbocycles. The van der Waals surface area contributed by atoms with Crippen LogP contribution in [0.3, 0.4) is 0 Å². The van der Waals surface area contributed by atoms with Gasteiger partial charge in [0.1, 0.15) is 0 Å². The van der Waals surface area contributed by atoms with E-state index in [1.165, 1.54) is 44.9 Å². The molecule has 0 radical (unpaired) electrons. The van der Waals surface area contributed by atoms with Gasteiger partial charge in [-0.2, -0.15) is 0 Å². The van der Waals surface area contributed by atoms with E-state index in [4.69, 9.17) is 18.9 Å². The Morgan fingerprint density at radius 3 is 1.52 bits per heavy atom. The summed E-state index contributed by atoms with van der Waals surface area (Å²) in [5.74, 6) is -0.878. The van der Waals surface area contributed by atoms with Gasteiger partial charge in [-0.1, -0.05) is 51.4 Å². The highest BCUT2D eigenvalue weighted by molar-refractivity contribution is 5.67. The maximum atomic E-state index is 11.5. The summed E-state index contributed by atoms with van der Waals surface area (Å²) in [6, 6.07) is 0. The smallest absolute Gasteiger partial charge is 0.407 e. The van der Waals surface area contributed by atoms with Crippen LogP contribution in [-0.4, -0.2) is 45.5 Å². The molecule has 1 amide bonds. The molecule has 0 unspecified atom stereocenters. The van der Waals surface area contributed by atoms with Crippen LogP contribution in [0.25, 0.3) is 0 Å². The minimum absolute atomic E-state index is 0.239. The molecule has 0 fully saturated rings. The van der Waals surface area contributed by atoms with Gasteiger partial charge in [-0.3, -0.25) is 0 Å². The summed E-state index contributed by atoms with van der Waals surface area (Å²) in [7, 11) is 4.83. The van der Waals surface area contributed by atoms with Crippen LogP contribution in [0, 0.1) is 0 Å². The third-order valence-corrected chi connectivity index (χ3v) is 4.52. The Hall–Kier alpha value is -0.850. The fourth-order valence-corrected chi connectivity index (χ4v) is 2.92. The largest absolute Gasteiger partial charge is 0.450 e. The Morgan fingerprint density at radius 2 is 1.11 bits per heavy atom. The van der Waals surface area contributed by atoms with E-state index in [2.05, 4.69) is 5.32 Å². The Kier molecular flexibility index (Phi) is 14.6. The van der Waals surface area contributed by atoms with Crippen LogP contribution in [0.2, 0.25) is 0 Å². The number of alkyl carbamates (subject to hydrolysis) is 1. The SMILES string of the molecule is COC(CCCCCCCCCCCCOC(=O)NC(C)(C)C)(OC)OC. The second-order valence-corrected chi connectivity index (χ2v) is 8.09. The molecule has 0 saturated heterocycles. The molecule has 0 aliphatic carbocycles. The summed E-state index contributed by atoms with van der Waals surface area (Å²) in [5, 5.41) is 2.79. The lowest BCUT2D eigenvalue weighted by Gasteiger charge is -2.28. The van der Waals surface area contributed by atoms with Crippen molar-refractivity contribution in [2.45, 2.75) is 103 Å². The Morgan fingerprint density at radius 1 is 0.704 bits per heavy atom. The third-order valence-electron chi connectivity index (χ3n) is 4.52. The maximum absolute atomic E-state index is 11.5. The molecule has 0 aliphatic heterocycles. The van der Waals surface area contributed by atoms with Crippen molar-refractivity contribution in [3.05, 3.63) is 0 Å². The highest BCUT2D eigenvalue weighted by Gasteiger charge is 2.28. The van der Waals surface area contributed by atoms with Gasteiger partial charge in [0.2, 0.25) is 0 Å². The van der Waals surface area contributed by atoms with Crippen molar-refractivity contribution in [1.82, 2.24) is 5.32 Å². The lowest BCUT2D eigenvalue weighted by atomic mass is 10.1. The van der Waals surface area contributed by atoms with Gasteiger partial charge in [-0.15, -0.1) is 0 Å². The normalized spacial score (nSPS) is 12.2. The molecule has 0 aromatic rings. The fraction of sp³-hybridized carbons (Fsp3) is 0.952. The lowest BCUT2D eigenvalue weighted by Crippen LogP contribution is -2.41. The summed E-state index contributed by atoms with van der Waals surface area (Å²) in [6.07, 6.45) is 12.3. The number of carbonyl (C=O) groups excluding carboxylic acids is 1.